The van der Waals surface area contributed by atoms with E-state index in [1.54, 1.807) is 0 Å². The highest BCUT2D eigenvalue weighted by atomic mass is 15.2. The first-order chi connectivity index (χ1) is 73.1. The molecule has 0 N–H and O–H groups in total. The van der Waals surface area contributed by atoms with Crippen LogP contribution in [0.3, 0.4) is 0 Å². The van der Waals surface area contributed by atoms with E-state index in [1.807, 2.05) is 0 Å². The van der Waals surface area contributed by atoms with Crippen molar-refractivity contribution in [1.29, 1.82) is 0 Å². The molecule has 3 aliphatic heterocycles. The molecule has 6 heteroatoms. The van der Waals surface area contributed by atoms with Crippen LogP contribution in [0.4, 0.5) is 102 Å². The third kappa shape index (κ3) is 17.1. The molecule has 22 aromatic rings. The molecule has 3 heterocycles. The zero-order valence-corrected chi connectivity index (χ0v) is 84.9. The average Bonchev–Trinajstić information content (AvgIpc) is 1.23. The number of nitrogens with zero attached hydrogens (tertiary/aromatic N) is 6. The van der Waals surface area contributed by atoms with Crippen LogP contribution in [0.1, 0.15) is 103 Å². The van der Waals surface area contributed by atoms with Gasteiger partial charge in [0.25, 0.3) is 0 Å². The predicted molar refractivity (Wildman–Crippen MR) is 628 cm³/mol. The van der Waals surface area contributed by atoms with Crippen LogP contribution < -0.4 is 29.4 Å². The van der Waals surface area contributed by atoms with Crippen LogP contribution in [0.2, 0.25) is 0 Å². The minimum absolute atomic E-state index is 0.0753. The second-order valence-electron chi connectivity index (χ2n) is 40.8. The first-order valence-corrected chi connectivity index (χ1v) is 51.8. The van der Waals surface area contributed by atoms with Gasteiger partial charge in [0.05, 0.1) is 39.5 Å². The van der Waals surface area contributed by atoms with Crippen molar-refractivity contribution in [3.05, 3.63) is 625 Å². The summed E-state index contributed by atoms with van der Waals surface area (Å²) in [5, 5.41) is 0. The van der Waals surface area contributed by atoms with Crippen molar-refractivity contribution in [2.75, 3.05) is 29.4 Å². The van der Waals surface area contributed by atoms with Crippen molar-refractivity contribution in [2.24, 2.45) is 0 Å². The molecule has 6 nitrogen and oxygen atoms in total. The topological polar surface area (TPSA) is 19.4 Å². The van der Waals surface area contributed by atoms with Crippen molar-refractivity contribution in [2.45, 2.75) is 70.1 Å². The SMILES string of the molecule is CC1(C)c2ccccc2-c2ccc(N(c3ccccc3)c3ccc(-c4ccc5c(c4)C(C)(C)c4cc(-c6ccccc6)ccc4N5c4ccccc4)cc3)cc21.Cc1ccc(N2c3ccccc3C(C)(C)c3cc(-c4ccc(N(c5ccccc5)c5ccccc5)cc4)ccc32)cc1.c1ccc(N(c2ccccc2)c2ccc(-c3ccc4c(c3)C(c3ccccc3)(c3ccccc3)c3ccccc3N4c3ccccc3)cc2)cc1. The lowest BCUT2D eigenvalue weighted by atomic mass is 9.62. The van der Waals surface area contributed by atoms with Gasteiger partial charge >= 0.3 is 0 Å². The Bertz CT molecular complexity index is 8430. The van der Waals surface area contributed by atoms with Crippen LogP contribution in [0.15, 0.2) is 564 Å². The van der Waals surface area contributed by atoms with Gasteiger partial charge in [-0.1, -0.05) is 405 Å². The molecule has 0 amide bonds. The molecule has 0 aromatic heterocycles. The lowest BCUT2D eigenvalue weighted by Crippen LogP contribution is -2.37. The van der Waals surface area contributed by atoms with E-state index in [2.05, 4.69) is 642 Å². The minimum atomic E-state index is -0.549. The minimum Gasteiger partial charge on any atom is -0.311 e. The second kappa shape index (κ2) is 39.3. The summed E-state index contributed by atoms with van der Waals surface area (Å²) in [4.78, 5) is 14.3. The Labute approximate surface area is 876 Å². The monoisotopic (exact) mass is 1910 g/mol. The number of fused-ring (bicyclic) bond motifs is 9. The molecule has 0 saturated carbocycles. The average molecular weight is 1920 g/mol. The van der Waals surface area contributed by atoms with Crippen molar-refractivity contribution >= 4 is 102 Å². The quantitative estimate of drug-likeness (QED) is 0.0847. The molecule has 0 radical (unpaired) electrons. The molecular formula is C143H114N6. The maximum absolute atomic E-state index is 2.44. The van der Waals surface area contributed by atoms with E-state index in [4.69, 9.17) is 0 Å². The van der Waals surface area contributed by atoms with Gasteiger partial charge < -0.3 is 29.4 Å². The van der Waals surface area contributed by atoms with Crippen molar-refractivity contribution in [1.82, 2.24) is 0 Å². The summed E-state index contributed by atoms with van der Waals surface area (Å²) >= 11 is 0. The molecule has 22 aromatic carbocycles. The van der Waals surface area contributed by atoms with Crippen LogP contribution in [-0.4, -0.2) is 0 Å². The smallest absolute Gasteiger partial charge is 0.0742 e. The fourth-order valence-electron chi connectivity index (χ4n) is 23.4. The third-order valence-corrected chi connectivity index (χ3v) is 30.9. The van der Waals surface area contributed by atoms with Gasteiger partial charge in [-0.3, -0.25) is 0 Å². The van der Waals surface area contributed by atoms with E-state index in [9.17, 15) is 0 Å². The molecule has 0 atom stereocenters. The Morgan fingerprint density at radius 3 is 0.779 bits per heavy atom. The zero-order chi connectivity index (χ0) is 101. The first kappa shape index (κ1) is 93.0. The Kier molecular flexibility index (Phi) is 24.5. The van der Waals surface area contributed by atoms with Crippen LogP contribution >= 0.6 is 0 Å². The summed E-state index contributed by atoms with van der Waals surface area (Å²) in [7, 11) is 0. The van der Waals surface area contributed by atoms with E-state index >= 15 is 0 Å². The van der Waals surface area contributed by atoms with Gasteiger partial charge in [-0.05, 0) is 324 Å². The molecule has 1 aliphatic carbocycles. The second-order valence-corrected chi connectivity index (χ2v) is 40.8. The number of para-hydroxylation sites is 9. The third-order valence-electron chi connectivity index (χ3n) is 30.9. The van der Waals surface area contributed by atoms with Gasteiger partial charge in [0, 0.05) is 84.5 Å². The lowest BCUT2D eigenvalue weighted by Gasteiger charge is -2.46. The fraction of sp³-hybridized carbons (Fsp3) is 0.0769. The van der Waals surface area contributed by atoms with Crippen LogP contribution in [0, 0.1) is 6.92 Å². The lowest BCUT2D eigenvalue weighted by molar-refractivity contribution is 0.632. The summed E-state index contributed by atoms with van der Waals surface area (Å²) in [6, 6.07) is 205. The fourth-order valence-corrected chi connectivity index (χ4v) is 23.4. The Hall–Kier alpha value is -18.4. The van der Waals surface area contributed by atoms with E-state index in [0.29, 0.717) is 0 Å². The largest absolute Gasteiger partial charge is 0.311 e. The highest BCUT2D eigenvalue weighted by molar-refractivity contribution is 5.96. The van der Waals surface area contributed by atoms with Crippen molar-refractivity contribution in [3.63, 3.8) is 0 Å². The molecule has 4 aliphatic rings. The summed E-state index contributed by atoms with van der Waals surface area (Å²) in [6.45, 7) is 16.3. The Morgan fingerprint density at radius 1 is 0.154 bits per heavy atom. The summed E-state index contributed by atoms with van der Waals surface area (Å²) in [5.74, 6) is 0. The normalized spacial score (nSPS) is 13.5. The Morgan fingerprint density at radius 2 is 0.396 bits per heavy atom. The van der Waals surface area contributed by atoms with Gasteiger partial charge in [-0.25, -0.2) is 0 Å². The number of hydrogen-bond acceptors (Lipinski definition) is 6. The van der Waals surface area contributed by atoms with Gasteiger partial charge in [0.15, 0.2) is 0 Å². The van der Waals surface area contributed by atoms with Crippen molar-refractivity contribution in [3.8, 4) is 55.6 Å². The van der Waals surface area contributed by atoms with Crippen LogP contribution in [0.25, 0.3) is 55.6 Å². The van der Waals surface area contributed by atoms with Gasteiger partial charge in [0.1, 0.15) is 0 Å². The number of hydrogen-bond donors (Lipinski definition) is 0. The number of benzene rings is 22. The maximum atomic E-state index is 2.44. The van der Waals surface area contributed by atoms with E-state index < -0.39 is 5.41 Å². The van der Waals surface area contributed by atoms with E-state index in [0.717, 1.165) is 62.6 Å². The van der Waals surface area contributed by atoms with Gasteiger partial charge in [-0.15, -0.1) is 0 Å². The molecule has 0 saturated heterocycles. The number of rotatable bonds is 18. The van der Waals surface area contributed by atoms with E-state index in [1.165, 1.54) is 157 Å². The van der Waals surface area contributed by atoms with Gasteiger partial charge in [0.2, 0.25) is 0 Å². The molecule has 149 heavy (non-hydrogen) atoms. The molecule has 0 unspecified atom stereocenters. The Balaban J connectivity index is 0.000000120. The molecule has 0 fully saturated rings. The zero-order valence-electron chi connectivity index (χ0n) is 84.9. The van der Waals surface area contributed by atoms with Crippen LogP contribution in [0.5, 0.6) is 0 Å². The molecule has 0 bridgehead atoms. The standard InChI is InChI=1S/C54H44N2.C49H36N2.C40H34N2/c1-53(2)47-23-15-14-22-45(47)46-31-30-44(36-48(46)53)55(41-18-10-6-11-19-41)43-28-24-38(25-29-43)40-27-33-52-50(35-40)54(3,4)49-34-39(37-16-8-5-9-17-37)26-32-51(49)56(52)42-20-12-7-13-21-42;1-6-18-39(19-7-1)49(40-20-8-2-9-21-40)45-28-16-17-29-47(45)51(43-26-14-5-15-27-43)48-35-32-38(36-46(48)49)37-30-33-44(34-31-37)50(41-22-10-3-11-23-41)42-24-12-4-13-25-42;1-29-18-23-35(24-19-29)42-38-17-11-10-16-36(38)40(2,3)37-28-31(22-27-39(37)42)30-20-25-34(26-21-30)41(32-12-6-4-7-13-32)33-14-8-5-9-15-33/h5-36H,1-4H3;1-36H;4-28H,1-3H3. The number of anilines is 18. The summed E-state index contributed by atoms with van der Waals surface area (Å²) in [5.41, 5.74) is 46.6. The predicted octanol–water partition coefficient (Wildman–Crippen LogP) is 39.1. The maximum Gasteiger partial charge on any atom is 0.0742 e. The summed E-state index contributed by atoms with van der Waals surface area (Å²) < 4.78 is 0. The molecule has 716 valence electrons. The molecular weight excluding hydrogens is 1800 g/mol. The summed E-state index contributed by atoms with van der Waals surface area (Å²) in [6.07, 6.45) is 0. The first-order valence-electron chi connectivity index (χ1n) is 51.8. The van der Waals surface area contributed by atoms with Crippen LogP contribution in [-0.2, 0) is 21.7 Å². The molecule has 0 spiro atoms. The highest BCUT2D eigenvalue weighted by Gasteiger charge is 2.48. The molecule has 26 rings (SSSR count). The van der Waals surface area contributed by atoms with Crippen molar-refractivity contribution < 1.29 is 0 Å². The van der Waals surface area contributed by atoms with Gasteiger partial charge in [-0.2, -0.15) is 0 Å². The highest BCUT2D eigenvalue weighted by Crippen LogP contribution is 2.61. The number of aryl methyl sites for hydroxylation is 1. The van der Waals surface area contributed by atoms with E-state index in [-0.39, 0.29) is 16.2 Å².